The first kappa shape index (κ1) is 30.5. The van der Waals surface area contributed by atoms with Crippen LogP contribution in [0.2, 0.25) is 0 Å². The van der Waals surface area contributed by atoms with Gasteiger partial charge in [0.05, 0.1) is 0 Å². The first-order valence-electron chi connectivity index (χ1n) is 18.3. The van der Waals surface area contributed by atoms with Crippen LogP contribution in [-0.2, 0) is 0 Å². The Morgan fingerprint density at radius 3 is 1.52 bits per heavy atom. The molecule has 0 radical (unpaired) electrons. The molecule has 0 fully saturated rings. The first-order valence-corrected chi connectivity index (χ1v) is 18.3. The van der Waals surface area contributed by atoms with E-state index in [4.69, 9.17) is 8.83 Å². The van der Waals surface area contributed by atoms with Gasteiger partial charge in [-0.2, -0.15) is 0 Å². The number of rotatable bonds is 5. The molecular weight excluding hydrogens is 657 g/mol. The summed E-state index contributed by atoms with van der Waals surface area (Å²) in [6, 6.07) is 56.0. The van der Waals surface area contributed by atoms with Crippen LogP contribution in [0.15, 0.2) is 180 Å². The first-order chi connectivity index (χ1) is 26.7. The van der Waals surface area contributed by atoms with Crippen LogP contribution in [0.5, 0.6) is 0 Å². The molecule has 2 heterocycles. The molecule has 11 rings (SSSR count). The van der Waals surface area contributed by atoms with Crippen LogP contribution in [0.3, 0.4) is 0 Å². The molecule has 0 bridgehead atoms. The van der Waals surface area contributed by atoms with Gasteiger partial charge in [-0.15, -0.1) is 0 Å². The van der Waals surface area contributed by atoms with Gasteiger partial charge >= 0.3 is 0 Å². The van der Waals surface area contributed by atoms with Crippen molar-refractivity contribution in [1.82, 2.24) is 0 Å². The van der Waals surface area contributed by atoms with Gasteiger partial charge < -0.3 is 8.83 Å². The Balaban J connectivity index is 1.18. The van der Waals surface area contributed by atoms with Gasteiger partial charge in [0.15, 0.2) is 0 Å². The summed E-state index contributed by atoms with van der Waals surface area (Å²) in [4.78, 5) is 0. The number of benzene rings is 9. The fourth-order valence-corrected chi connectivity index (χ4v) is 8.95. The minimum absolute atomic E-state index is 0.859. The molecule has 2 aromatic heterocycles. The lowest BCUT2D eigenvalue weighted by Crippen LogP contribution is -1.95. The summed E-state index contributed by atoms with van der Waals surface area (Å²) >= 11 is 0. The van der Waals surface area contributed by atoms with Crippen LogP contribution in [0.25, 0.3) is 122 Å². The number of furan rings is 2. The molecule has 54 heavy (non-hydrogen) atoms. The fraction of sp³-hybridized carbons (Fsp3) is 0. The van der Waals surface area contributed by atoms with Crippen molar-refractivity contribution in [3.05, 3.63) is 182 Å². The van der Waals surface area contributed by atoms with Gasteiger partial charge in [-0.1, -0.05) is 153 Å². The van der Waals surface area contributed by atoms with Crippen molar-refractivity contribution in [2.75, 3.05) is 0 Å². The predicted molar refractivity (Wildman–Crippen MR) is 230 cm³/mol. The maximum atomic E-state index is 6.73. The molecule has 252 valence electrons. The highest BCUT2D eigenvalue weighted by molar-refractivity contribution is 6.31. The van der Waals surface area contributed by atoms with Crippen molar-refractivity contribution in [1.29, 1.82) is 0 Å². The molecule has 0 unspecified atom stereocenters. The second kappa shape index (κ2) is 11.7. The second-order valence-electron chi connectivity index (χ2n) is 14.0. The van der Waals surface area contributed by atoms with Gasteiger partial charge in [0, 0.05) is 26.9 Å². The smallest absolute Gasteiger partial charge is 0.136 e. The third kappa shape index (κ3) is 4.28. The summed E-state index contributed by atoms with van der Waals surface area (Å²) in [5.41, 5.74) is 12.6. The Kier molecular flexibility index (Phi) is 6.59. The van der Waals surface area contributed by atoms with Gasteiger partial charge in [0.1, 0.15) is 22.3 Å². The monoisotopic (exact) mass is 688 g/mol. The highest BCUT2D eigenvalue weighted by Crippen LogP contribution is 2.48. The molecule has 2 nitrogen and oxygen atoms in total. The van der Waals surface area contributed by atoms with E-state index < -0.39 is 0 Å². The lowest BCUT2D eigenvalue weighted by Gasteiger charge is -2.21. The van der Waals surface area contributed by atoms with Crippen LogP contribution >= 0.6 is 0 Å². The van der Waals surface area contributed by atoms with E-state index >= 15 is 0 Å². The van der Waals surface area contributed by atoms with Crippen molar-refractivity contribution in [2.24, 2.45) is 0 Å². The molecular formula is C52H32O2. The molecule has 11 aromatic rings. The lowest BCUT2D eigenvalue weighted by atomic mass is 9.82. The average molecular weight is 689 g/mol. The van der Waals surface area contributed by atoms with E-state index in [1.807, 2.05) is 30.4 Å². The second-order valence-corrected chi connectivity index (χ2v) is 14.0. The Morgan fingerprint density at radius 2 is 0.870 bits per heavy atom. The van der Waals surface area contributed by atoms with Crippen LogP contribution in [0.1, 0.15) is 11.1 Å². The van der Waals surface area contributed by atoms with E-state index in [1.54, 1.807) is 0 Å². The third-order valence-electron chi connectivity index (χ3n) is 11.2. The molecule has 0 aliphatic heterocycles. The molecule has 0 saturated carbocycles. The Bertz CT molecular complexity index is 3300. The summed E-state index contributed by atoms with van der Waals surface area (Å²) in [6.45, 7) is 8.58. The van der Waals surface area contributed by atoms with Gasteiger partial charge in [-0.25, -0.2) is 0 Å². The van der Waals surface area contributed by atoms with Gasteiger partial charge in [0.25, 0.3) is 0 Å². The van der Waals surface area contributed by atoms with Crippen LogP contribution < -0.4 is 0 Å². The average Bonchev–Trinajstić information content (AvgIpc) is 3.80. The summed E-state index contributed by atoms with van der Waals surface area (Å²) in [6.07, 6.45) is 3.95. The summed E-state index contributed by atoms with van der Waals surface area (Å²) in [5, 5.41) is 11.5. The SMILES string of the molecule is C=Cc1c(-c2ccccc2)ccc(-c2c3ccccc3c(-c3ccc4c(c3)oc3ccc5ccc6oc7ccccc7c6c5c34)c3ccccc23)c1C=C. The van der Waals surface area contributed by atoms with E-state index in [2.05, 4.69) is 153 Å². The minimum Gasteiger partial charge on any atom is -0.456 e. The third-order valence-corrected chi connectivity index (χ3v) is 11.2. The Labute approximate surface area is 311 Å². The number of hydrogen-bond acceptors (Lipinski definition) is 2. The molecule has 0 saturated heterocycles. The van der Waals surface area contributed by atoms with Gasteiger partial charge in [0.2, 0.25) is 0 Å². The minimum atomic E-state index is 0.859. The van der Waals surface area contributed by atoms with Crippen molar-refractivity contribution in [2.45, 2.75) is 0 Å². The van der Waals surface area contributed by atoms with Crippen LogP contribution in [-0.4, -0.2) is 0 Å². The molecule has 2 heteroatoms. The normalized spacial score (nSPS) is 11.9. The van der Waals surface area contributed by atoms with E-state index in [0.29, 0.717) is 0 Å². The maximum absolute atomic E-state index is 6.73. The van der Waals surface area contributed by atoms with E-state index in [1.165, 1.54) is 32.7 Å². The number of para-hydroxylation sites is 1. The summed E-state index contributed by atoms with van der Waals surface area (Å²) in [7, 11) is 0. The lowest BCUT2D eigenvalue weighted by molar-refractivity contribution is 0.669. The summed E-state index contributed by atoms with van der Waals surface area (Å²) in [5.74, 6) is 0. The number of hydrogen-bond donors (Lipinski definition) is 0. The standard InChI is InChI=1S/C52H32O2/c1-3-34-35(4-2)41(27-26-36(34)31-14-6-5-7-15-31)50-39-18-10-8-16-37(39)48(38-17-9-11-19-40(38)50)33-22-25-43-47(30-33)54-46-29-24-32-23-28-45-51(49(32)52(43)46)42-20-12-13-21-44(42)53-45/h3-30H,1-2H2. The fourth-order valence-electron chi connectivity index (χ4n) is 8.95. The van der Waals surface area contributed by atoms with E-state index in [0.717, 1.165) is 88.0 Å². The molecule has 0 aliphatic carbocycles. The Hall–Kier alpha value is -7.16. The van der Waals surface area contributed by atoms with Crippen LogP contribution in [0.4, 0.5) is 0 Å². The number of fused-ring (bicyclic) bond motifs is 11. The van der Waals surface area contributed by atoms with Gasteiger partial charge in [-0.3, -0.25) is 0 Å². The highest BCUT2D eigenvalue weighted by atomic mass is 16.3. The predicted octanol–water partition coefficient (Wildman–Crippen LogP) is 15.2. The zero-order valence-electron chi connectivity index (χ0n) is 29.4. The molecule has 0 spiro atoms. The summed E-state index contributed by atoms with van der Waals surface area (Å²) < 4.78 is 13.0. The topological polar surface area (TPSA) is 26.3 Å². The van der Waals surface area contributed by atoms with Crippen molar-refractivity contribution in [3.8, 4) is 33.4 Å². The molecule has 0 atom stereocenters. The van der Waals surface area contributed by atoms with Crippen LogP contribution in [0, 0.1) is 0 Å². The van der Waals surface area contributed by atoms with Crippen molar-refractivity contribution < 1.29 is 8.83 Å². The molecule has 9 aromatic carbocycles. The van der Waals surface area contributed by atoms with Crippen molar-refractivity contribution in [3.63, 3.8) is 0 Å². The zero-order valence-corrected chi connectivity index (χ0v) is 29.4. The molecule has 0 N–H and O–H groups in total. The van der Waals surface area contributed by atoms with E-state index in [9.17, 15) is 0 Å². The van der Waals surface area contributed by atoms with E-state index in [-0.39, 0.29) is 0 Å². The quantitative estimate of drug-likeness (QED) is 0.168. The Morgan fingerprint density at radius 1 is 0.352 bits per heavy atom. The maximum Gasteiger partial charge on any atom is 0.136 e. The molecule has 0 amide bonds. The largest absolute Gasteiger partial charge is 0.456 e. The van der Waals surface area contributed by atoms with Gasteiger partial charge in [-0.05, 0) is 102 Å². The highest BCUT2D eigenvalue weighted by Gasteiger charge is 2.22. The van der Waals surface area contributed by atoms with Crippen molar-refractivity contribution >= 4 is 88.3 Å². The molecule has 0 aliphatic rings. The zero-order chi connectivity index (χ0) is 35.9.